The molecule has 0 unspecified atom stereocenters. The van der Waals surface area contributed by atoms with Crippen LogP contribution < -0.4 is 14.4 Å². The summed E-state index contributed by atoms with van der Waals surface area (Å²) in [6.07, 6.45) is 1.65. The molecule has 5 nitrogen and oxygen atoms in total. The van der Waals surface area contributed by atoms with E-state index >= 15 is 0 Å². The number of carbonyl (C=O) groups excluding carboxylic acids is 2. The Morgan fingerprint density at radius 1 is 0.912 bits per heavy atom. The summed E-state index contributed by atoms with van der Waals surface area (Å²) in [6, 6.07) is 17.1. The molecule has 3 aromatic rings. The smallest absolute Gasteiger partial charge is 0.298 e. The van der Waals surface area contributed by atoms with E-state index in [1.165, 1.54) is 0 Å². The van der Waals surface area contributed by atoms with Crippen LogP contribution in [0.3, 0.4) is 0 Å². The van der Waals surface area contributed by atoms with Gasteiger partial charge in [-0.15, -0.1) is 0 Å². The Balaban J connectivity index is 1.56. The number of benzene rings is 3. The van der Waals surface area contributed by atoms with Crippen molar-refractivity contribution in [1.29, 1.82) is 0 Å². The second kappa shape index (κ2) is 10.7. The van der Waals surface area contributed by atoms with Crippen molar-refractivity contribution < 1.29 is 19.1 Å². The van der Waals surface area contributed by atoms with Crippen LogP contribution in [-0.4, -0.2) is 17.8 Å². The number of hydrogen-bond acceptors (Lipinski definition) is 5. The molecule has 3 aromatic carbocycles. The lowest BCUT2D eigenvalue weighted by molar-refractivity contribution is -0.113. The van der Waals surface area contributed by atoms with Gasteiger partial charge in [-0.1, -0.05) is 53.0 Å². The molecule has 1 aliphatic heterocycles. The van der Waals surface area contributed by atoms with Crippen LogP contribution in [0.25, 0.3) is 6.08 Å². The van der Waals surface area contributed by atoms with Crippen molar-refractivity contribution in [2.75, 3.05) is 11.5 Å². The molecule has 1 saturated heterocycles. The molecule has 1 fully saturated rings. The van der Waals surface area contributed by atoms with Crippen LogP contribution in [0, 0.1) is 0 Å². The van der Waals surface area contributed by atoms with Gasteiger partial charge in [0.1, 0.15) is 6.61 Å². The second-order valence-electron chi connectivity index (χ2n) is 7.16. The first-order valence-corrected chi connectivity index (χ1v) is 12.2. The average Bonchev–Trinajstić information content (AvgIpc) is 3.07. The number of amides is 2. The van der Waals surface area contributed by atoms with E-state index in [2.05, 4.69) is 0 Å². The van der Waals surface area contributed by atoms with Crippen molar-refractivity contribution in [2.24, 2.45) is 0 Å². The fraction of sp³-hybridized carbons (Fsp3) is 0.120. The van der Waals surface area contributed by atoms with Gasteiger partial charge in [-0.25, -0.2) is 4.90 Å². The minimum atomic E-state index is -0.409. The zero-order chi connectivity index (χ0) is 24.2. The lowest BCUT2D eigenvalue weighted by Crippen LogP contribution is -2.27. The Morgan fingerprint density at radius 2 is 1.71 bits per heavy atom. The first-order chi connectivity index (χ1) is 16.4. The maximum absolute atomic E-state index is 12.9. The standard InChI is InChI=1S/C25H18Cl3NO4S/c1-2-32-22-10-15(6-9-21(22)33-14-16-7-8-18(27)13-20(16)28)11-23-24(30)29(25(31)34-23)19-5-3-4-17(26)12-19/h3-13H,2,14H2,1H3/b23-11+. The maximum Gasteiger partial charge on any atom is 0.298 e. The van der Waals surface area contributed by atoms with Gasteiger partial charge in [-0.2, -0.15) is 0 Å². The van der Waals surface area contributed by atoms with E-state index in [-0.39, 0.29) is 11.8 Å². The summed E-state index contributed by atoms with van der Waals surface area (Å²) in [6.45, 7) is 2.52. The third kappa shape index (κ3) is 5.53. The molecule has 0 atom stereocenters. The highest BCUT2D eigenvalue weighted by Gasteiger charge is 2.36. The van der Waals surface area contributed by atoms with E-state index in [1.54, 1.807) is 66.7 Å². The molecule has 2 amide bonds. The minimum Gasteiger partial charge on any atom is -0.490 e. The van der Waals surface area contributed by atoms with Crippen LogP contribution in [0.4, 0.5) is 10.5 Å². The molecule has 0 spiro atoms. The quantitative estimate of drug-likeness (QED) is 0.289. The number of ether oxygens (including phenoxy) is 2. The summed E-state index contributed by atoms with van der Waals surface area (Å²) >= 11 is 19.1. The van der Waals surface area contributed by atoms with Crippen LogP contribution in [0.15, 0.2) is 65.6 Å². The number of hydrogen-bond donors (Lipinski definition) is 0. The number of thioether (sulfide) groups is 1. The number of carbonyl (C=O) groups is 2. The number of nitrogens with zero attached hydrogens (tertiary/aromatic N) is 1. The van der Waals surface area contributed by atoms with Gasteiger partial charge in [0, 0.05) is 20.6 Å². The Kier molecular flexibility index (Phi) is 7.73. The summed E-state index contributed by atoms with van der Waals surface area (Å²) in [5.74, 6) is 0.625. The number of imide groups is 1. The van der Waals surface area contributed by atoms with Gasteiger partial charge < -0.3 is 9.47 Å². The summed E-state index contributed by atoms with van der Waals surface area (Å²) in [4.78, 5) is 26.8. The molecule has 0 N–H and O–H groups in total. The van der Waals surface area contributed by atoms with Gasteiger partial charge in [0.15, 0.2) is 11.5 Å². The van der Waals surface area contributed by atoms with E-state index in [0.29, 0.717) is 49.3 Å². The normalized spacial score (nSPS) is 14.7. The van der Waals surface area contributed by atoms with Crippen molar-refractivity contribution in [2.45, 2.75) is 13.5 Å². The third-order valence-electron chi connectivity index (χ3n) is 4.82. The lowest BCUT2D eigenvalue weighted by Gasteiger charge is -2.14. The molecule has 4 rings (SSSR count). The molecule has 0 bridgehead atoms. The van der Waals surface area contributed by atoms with Gasteiger partial charge in [-0.05, 0) is 72.8 Å². The van der Waals surface area contributed by atoms with Crippen molar-refractivity contribution in [3.05, 3.63) is 91.8 Å². The first kappa shape index (κ1) is 24.5. The molecule has 0 radical (unpaired) electrons. The number of rotatable bonds is 7. The van der Waals surface area contributed by atoms with Crippen molar-refractivity contribution in [1.82, 2.24) is 0 Å². The lowest BCUT2D eigenvalue weighted by atomic mass is 10.1. The fourth-order valence-corrected chi connectivity index (χ4v) is 4.74. The molecule has 0 aliphatic carbocycles. The molecule has 9 heteroatoms. The Morgan fingerprint density at radius 3 is 2.44 bits per heavy atom. The van der Waals surface area contributed by atoms with Gasteiger partial charge in [0.05, 0.1) is 17.2 Å². The summed E-state index contributed by atoms with van der Waals surface area (Å²) in [7, 11) is 0. The molecule has 0 saturated carbocycles. The topological polar surface area (TPSA) is 55.8 Å². The Hall–Kier alpha value is -2.64. The third-order valence-corrected chi connectivity index (χ3v) is 6.52. The van der Waals surface area contributed by atoms with E-state index in [0.717, 1.165) is 22.2 Å². The second-order valence-corrected chi connectivity index (χ2v) is 9.43. The minimum absolute atomic E-state index is 0.230. The van der Waals surface area contributed by atoms with Crippen molar-refractivity contribution in [3.63, 3.8) is 0 Å². The number of anilines is 1. The SMILES string of the molecule is CCOc1cc(/C=C2/SC(=O)N(c3cccc(Cl)c3)C2=O)ccc1OCc1ccc(Cl)cc1Cl. The predicted molar refractivity (Wildman–Crippen MR) is 138 cm³/mol. The van der Waals surface area contributed by atoms with E-state index in [4.69, 9.17) is 44.3 Å². The first-order valence-electron chi connectivity index (χ1n) is 10.2. The average molecular weight is 535 g/mol. The highest BCUT2D eigenvalue weighted by molar-refractivity contribution is 8.19. The van der Waals surface area contributed by atoms with Gasteiger partial charge in [0.25, 0.3) is 11.1 Å². The largest absolute Gasteiger partial charge is 0.490 e. The zero-order valence-corrected chi connectivity index (χ0v) is 21.0. The summed E-state index contributed by atoms with van der Waals surface area (Å²) in [5.41, 5.74) is 1.90. The highest BCUT2D eigenvalue weighted by atomic mass is 35.5. The molecule has 1 aliphatic rings. The molecular weight excluding hydrogens is 517 g/mol. The summed E-state index contributed by atoms with van der Waals surface area (Å²) in [5, 5.41) is 1.12. The van der Waals surface area contributed by atoms with Crippen LogP contribution in [0.5, 0.6) is 11.5 Å². The number of halogens is 3. The Bertz CT molecular complexity index is 1290. The van der Waals surface area contributed by atoms with Gasteiger partial charge in [-0.3, -0.25) is 9.59 Å². The van der Waals surface area contributed by atoms with Crippen LogP contribution >= 0.6 is 46.6 Å². The molecule has 174 valence electrons. The van der Waals surface area contributed by atoms with Crippen molar-refractivity contribution >= 4 is 69.5 Å². The fourth-order valence-electron chi connectivity index (χ4n) is 3.25. The maximum atomic E-state index is 12.9. The molecular formula is C25H18Cl3NO4S. The highest BCUT2D eigenvalue weighted by Crippen LogP contribution is 2.38. The van der Waals surface area contributed by atoms with E-state index in [9.17, 15) is 9.59 Å². The van der Waals surface area contributed by atoms with E-state index in [1.807, 2.05) is 6.92 Å². The van der Waals surface area contributed by atoms with Gasteiger partial charge >= 0.3 is 0 Å². The van der Waals surface area contributed by atoms with Crippen LogP contribution in [-0.2, 0) is 11.4 Å². The van der Waals surface area contributed by atoms with Crippen molar-refractivity contribution in [3.8, 4) is 11.5 Å². The molecule has 1 heterocycles. The van der Waals surface area contributed by atoms with Crippen LogP contribution in [0.1, 0.15) is 18.1 Å². The monoisotopic (exact) mass is 533 g/mol. The molecule has 34 heavy (non-hydrogen) atoms. The zero-order valence-electron chi connectivity index (χ0n) is 17.9. The molecule has 0 aromatic heterocycles. The van der Waals surface area contributed by atoms with E-state index < -0.39 is 5.91 Å². The van der Waals surface area contributed by atoms with Gasteiger partial charge in [0.2, 0.25) is 0 Å². The van der Waals surface area contributed by atoms with Crippen LogP contribution in [0.2, 0.25) is 15.1 Å². The Labute approximate surface area is 216 Å². The summed E-state index contributed by atoms with van der Waals surface area (Å²) < 4.78 is 11.7. The predicted octanol–water partition coefficient (Wildman–Crippen LogP) is 7.87.